The van der Waals surface area contributed by atoms with Crippen molar-refractivity contribution in [3.63, 3.8) is 0 Å². The van der Waals surface area contributed by atoms with E-state index in [4.69, 9.17) is 4.74 Å². The zero-order chi connectivity index (χ0) is 17.6. The zero-order valence-electron chi connectivity index (χ0n) is 14.2. The first-order valence-electron chi connectivity index (χ1n) is 8.26. The van der Waals surface area contributed by atoms with Crippen LogP contribution in [0, 0.1) is 0 Å². The molecule has 1 heterocycles. The van der Waals surface area contributed by atoms with Crippen molar-refractivity contribution in [3.05, 3.63) is 66.4 Å². The average Bonchev–Trinajstić information content (AvgIpc) is 3.03. The summed E-state index contributed by atoms with van der Waals surface area (Å²) in [5.74, 6) is 0.668. The predicted octanol–water partition coefficient (Wildman–Crippen LogP) is 2.37. The Labute approximate surface area is 146 Å². The molecule has 2 aromatic carbocycles. The molecule has 5 heteroatoms. The van der Waals surface area contributed by atoms with Crippen LogP contribution in [0.2, 0.25) is 0 Å². The van der Waals surface area contributed by atoms with Crippen LogP contribution < -0.4 is 10.1 Å². The number of nitrogens with one attached hydrogen (secondary N) is 1. The van der Waals surface area contributed by atoms with E-state index in [1.807, 2.05) is 65.4 Å². The number of aliphatic hydroxyl groups is 1. The second-order valence-electron chi connectivity index (χ2n) is 6.01. The number of carbonyl (C=O) groups excluding carboxylic acids is 1. The summed E-state index contributed by atoms with van der Waals surface area (Å²) in [6.07, 6.45) is 2.49. The number of fused-ring (bicyclic) bond motifs is 1. The third-order valence-corrected chi connectivity index (χ3v) is 4.20. The molecule has 1 unspecified atom stereocenters. The van der Waals surface area contributed by atoms with Crippen LogP contribution in [0.3, 0.4) is 0 Å². The Bertz CT molecular complexity index is 843. The number of nitrogens with zero attached hydrogens (tertiary/aromatic N) is 1. The molecule has 0 aliphatic heterocycles. The van der Waals surface area contributed by atoms with Gasteiger partial charge in [0, 0.05) is 17.1 Å². The van der Waals surface area contributed by atoms with E-state index in [0.29, 0.717) is 6.42 Å². The SMILES string of the molecule is COc1ccc2c(ccn2CC(=O)NC(CO)Cc2ccccc2)c1. The van der Waals surface area contributed by atoms with Gasteiger partial charge in [-0.2, -0.15) is 0 Å². The van der Waals surface area contributed by atoms with Crippen molar-refractivity contribution < 1.29 is 14.6 Å². The first-order chi connectivity index (χ1) is 12.2. The Morgan fingerprint density at radius 3 is 2.72 bits per heavy atom. The molecule has 2 N–H and O–H groups in total. The van der Waals surface area contributed by atoms with Crippen LogP contribution >= 0.6 is 0 Å². The third kappa shape index (κ3) is 4.19. The number of hydrogen-bond donors (Lipinski definition) is 2. The minimum atomic E-state index is -0.295. The molecule has 1 aromatic heterocycles. The lowest BCUT2D eigenvalue weighted by Crippen LogP contribution is -2.40. The summed E-state index contributed by atoms with van der Waals surface area (Å²) in [5, 5.41) is 13.5. The number of benzene rings is 2. The maximum Gasteiger partial charge on any atom is 0.240 e. The van der Waals surface area contributed by atoms with Gasteiger partial charge in [0.25, 0.3) is 0 Å². The molecule has 0 spiro atoms. The van der Waals surface area contributed by atoms with Crippen LogP contribution in [0.1, 0.15) is 5.56 Å². The molecule has 5 nitrogen and oxygen atoms in total. The number of ether oxygens (including phenoxy) is 1. The van der Waals surface area contributed by atoms with Crippen molar-refractivity contribution in [2.45, 2.75) is 19.0 Å². The Morgan fingerprint density at radius 2 is 2.00 bits per heavy atom. The minimum Gasteiger partial charge on any atom is -0.497 e. The fourth-order valence-electron chi connectivity index (χ4n) is 2.93. The van der Waals surface area contributed by atoms with E-state index in [2.05, 4.69) is 5.32 Å². The van der Waals surface area contributed by atoms with E-state index < -0.39 is 0 Å². The number of aromatic nitrogens is 1. The molecule has 0 fully saturated rings. The molecule has 0 saturated heterocycles. The van der Waals surface area contributed by atoms with E-state index in [1.165, 1.54) is 0 Å². The summed E-state index contributed by atoms with van der Waals surface area (Å²) in [4.78, 5) is 12.4. The molecule has 0 radical (unpaired) electrons. The molecule has 1 amide bonds. The molecule has 0 aliphatic rings. The first-order valence-corrected chi connectivity index (χ1v) is 8.26. The molecule has 1 atom stereocenters. The van der Waals surface area contributed by atoms with Gasteiger partial charge in [0.05, 0.1) is 19.8 Å². The van der Waals surface area contributed by atoms with Crippen LogP contribution in [0.25, 0.3) is 10.9 Å². The molecule has 25 heavy (non-hydrogen) atoms. The second-order valence-corrected chi connectivity index (χ2v) is 6.01. The van der Waals surface area contributed by atoms with E-state index in [9.17, 15) is 9.90 Å². The van der Waals surface area contributed by atoms with E-state index in [0.717, 1.165) is 22.2 Å². The number of rotatable bonds is 7. The van der Waals surface area contributed by atoms with E-state index >= 15 is 0 Å². The van der Waals surface area contributed by atoms with Crippen molar-refractivity contribution in [1.29, 1.82) is 0 Å². The van der Waals surface area contributed by atoms with Crippen molar-refractivity contribution in [2.75, 3.05) is 13.7 Å². The number of amides is 1. The molecule has 0 aliphatic carbocycles. The van der Waals surface area contributed by atoms with Gasteiger partial charge < -0.3 is 19.7 Å². The fraction of sp³-hybridized carbons (Fsp3) is 0.250. The van der Waals surface area contributed by atoms with Crippen molar-refractivity contribution in [2.24, 2.45) is 0 Å². The standard InChI is InChI=1S/C20H22N2O3/c1-25-18-7-8-19-16(12-18)9-10-22(19)13-20(24)21-17(14-23)11-15-5-3-2-4-6-15/h2-10,12,17,23H,11,13-14H2,1H3,(H,21,24). The quantitative estimate of drug-likeness (QED) is 0.695. The Morgan fingerprint density at radius 1 is 1.20 bits per heavy atom. The van der Waals surface area contributed by atoms with Crippen LogP contribution in [0.5, 0.6) is 5.75 Å². The molecular formula is C20H22N2O3. The number of hydrogen-bond acceptors (Lipinski definition) is 3. The van der Waals surface area contributed by atoms with Crippen LogP contribution in [-0.2, 0) is 17.8 Å². The summed E-state index contributed by atoms with van der Waals surface area (Å²) in [6, 6.07) is 17.2. The summed E-state index contributed by atoms with van der Waals surface area (Å²) < 4.78 is 7.11. The fourth-order valence-corrected chi connectivity index (χ4v) is 2.93. The van der Waals surface area contributed by atoms with Crippen molar-refractivity contribution in [3.8, 4) is 5.75 Å². The maximum atomic E-state index is 12.4. The van der Waals surface area contributed by atoms with Gasteiger partial charge in [0.1, 0.15) is 12.3 Å². The number of aliphatic hydroxyl groups excluding tert-OH is 1. The first kappa shape index (κ1) is 17.0. The summed E-state index contributed by atoms with van der Waals surface area (Å²) in [5.41, 5.74) is 2.06. The largest absolute Gasteiger partial charge is 0.497 e. The van der Waals surface area contributed by atoms with Gasteiger partial charge in [-0.05, 0) is 36.2 Å². The summed E-state index contributed by atoms with van der Waals surface area (Å²) in [7, 11) is 1.63. The van der Waals surface area contributed by atoms with Gasteiger partial charge in [-0.25, -0.2) is 0 Å². The topological polar surface area (TPSA) is 63.5 Å². The van der Waals surface area contributed by atoms with Gasteiger partial charge >= 0.3 is 0 Å². The van der Waals surface area contributed by atoms with E-state index in [-0.39, 0.29) is 25.1 Å². The Hall–Kier alpha value is -2.79. The predicted molar refractivity (Wildman–Crippen MR) is 97.7 cm³/mol. The lowest BCUT2D eigenvalue weighted by Gasteiger charge is -2.17. The zero-order valence-corrected chi connectivity index (χ0v) is 14.2. The van der Waals surface area contributed by atoms with Crippen LogP contribution in [0.4, 0.5) is 0 Å². The smallest absolute Gasteiger partial charge is 0.240 e. The Balaban J connectivity index is 1.65. The van der Waals surface area contributed by atoms with Gasteiger partial charge in [0.15, 0.2) is 0 Å². The monoisotopic (exact) mass is 338 g/mol. The third-order valence-electron chi connectivity index (χ3n) is 4.20. The highest BCUT2D eigenvalue weighted by Crippen LogP contribution is 2.21. The molecule has 0 saturated carbocycles. The van der Waals surface area contributed by atoms with Crippen molar-refractivity contribution >= 4 is 16.8 Å². The minimum absolute atomic E-state index is 0.0930. The molecule has 3 aromatic rings. The number of carbonyl (C=O) groups is 1. The van der Waals surface area contributed by atoms with Crippen LogP contribution in [0.15, 0.2) is 60.8 Å². The summed E-state index contributed by atoms with van der Waals surface area (Å²) in [6.45, 7) is 0.116. The Kier molecular flexibility index (Phi) is 5.36. The maximum absolute atomic E-state index is 12.4. The highest BCUT2D eigenvalue weighted by atomic mass is 16.5. The van der Waals surface area contributed by atoms with Gasteiger partial charge in [-0.3, -0.25) is 4.79 Å². The van der Waals surface area contributed by atoms with Gasteiger partial charge in [-0.1, -0.05) is 30.3 Å². The lowest BCUT2D eigenvalue weighted by molar-refractivity contribution is -0.122. The van der Waals surface area contributed by atoms with Gasteiger partial charge in [-0.15, -0.1) is 0 Å². The summed E-state index contributed by atoms with van der Waals surface area (Å²) >= 11 is 0. The molecule has 3 rings (SSSR count). The highest BCUT2D eigenvalue weighted by Gasteiger charge is 2.13. The highest BCUT2D eigenvalue weighted by molar-refractivity contribution is 5.84. The average molecular weight is 338 g/mol. The lowest BCUT2D eigenvalue weighted by atomic mass is 10.1. The second kappa shape index (κ2) is 7.85. The molecule has 0 bridgehead atoms. The molecule has 130 valence electrons. The van der Waals surface area contributed by atoms with Crippen molar-refractivity contribution in [1.82, 2.24) is 9.88 Å². The molecular weight excluding hydrogens is 316 g/mol. The van der Waals surface area contributed by atoms with E-state index in [1.54, 1.807) is 7.11 Å². The van der Waals surface area contributed by atoms with Gasteiger partial charge in [0.2, 0.25) is 5.91 Å². The number of methoxy groups -OCH3 is 1. The van der Waals surface area contributed by atoms with Crippen LogP contribution in [-0.4, -0.2) is 35.3 Å². The normalized spacial score (nSPS) is 12.1.